The highest BCUT2D eigenvalue weighted by atomic mass is 16.5. The Balaban J connectivity index is 1.98. The van der Waals surface area contributed by atoms with Crippen LogP contribution in [0.25, 0.3) is 0 Å². The van der Waals surface area contributed by atoms with Crippen molar-refractivity contribution in [1.82, 2.24) is 0 Å². The zero-order valence-corrected chi connectivity index (χ0v) is 14.1. The third kappa shape index (κ3) is 4.52. The molecule has 0 spiro atoms. The smallest absolute Gasteiger partial charge is 0.119 e. The molecule has 0 bridgehead atoms. The third-order valence-electron chi connectivity index (χ3n) is 3.88. The molecule has 1 unspecified atom stereocenters. The first-order chi connectivity index (χ1) is 10.6. The van der Waals surface area contributed by atoms with E-state index in [1.165, 1.54) is 16.8 Å². The number of anilines is 1. The maximum Gasteiger partial charge on any atom is 0.119 e. The topological polar surface area (TPSA) is 21.3 Å². The fraction of sp³-hybridized carbons (Fsp3) is 0.400. The highest BCUT2D eigenvalue weighted by molar-refractivity contribution is 5.52. The molecule has 0 aliphatic heterocycles. The van der Waals surface area contributed by atoms with E-state index in [-0.39, 0.29) is 6.10 Å². The fourth-order valence-electron chi connectivity index (χ4n) is 2.46. The predicted molar refractivity (Wildman–Crippen MR) is 94.9 cm³/mol. The van der Waals surface area contributed by atoms with Crippen LogP contribution >= 0.6 is 0 Å². The molecule has 2 heteroatoms. The molecule has 0 aromatic heterocycles. The summed E-state index contributed by atoms with van der Waals surface area (Å²) in [7, 11) is 0. The molecule has 0 saturated heterocycles. The van der Waals surface area contributed by atoms with E-state index in [4.69, 9.17) is 4.74 Å². The number of ether oxygens (including phenoxy) is 1. The Hall–Kier alpha value is -1.96. The highest BCUT2D eigenvalue weighted by Crippen LogP contribution is 2.24. The van der Waals surface area contributed by atoms with Gasteiger partial charge in [0, 0.05) is 5.69 Å². The lowest BCUT2D eigenvalue weighted by molar-refractivity contribution is 0.210. The summed E-state index contributed by atoms with van der Waals surface area (Å²) < 4.78 is 6.08. The van der Waals surface area contributed by atoms with Crippen molar-refractivity contribution >= 4 is 5.69 Å². The Labute approximate surface area is 134 Å². The average molecular weight is 297 g/mol. The standard InChI is InChI=1S/C20H27NO/c1-5-17(22-18-12-10-16(4)11-13-18)14-21-20-9-7-6-8-19(20)15(2)3/h6-13,15,17,21H,5,14H2,1-4H3. The van der Waals surface area contributed by atoms with Gasteiger partial charge in [-0.05, 0) is 43.0 Å². The minimum Gasteiger partial charge on any atom is -0.489 e. The molecule has 0 aliphatic rings. The number of nitrogens with one attached hydrogen (secondary N) is 1. The molecule has 2 nitrogen and oxygen atoms in total. The van der Waals surface area contributed by atoms with Crippen molar-refractivity contribution in [2.75, 3.05) is 11.9 Å². The maximum absolute atomic E-state index is 6.08. The van der Waals surface area contributed by atoms with Gasteiger partial charge in [-0.15, -0.1) is 0 Å². The maximum atomic E-state index is 6.08. The number of para-hydroxylation sites is 1. The molecule has 22 heavy (non-hydrogen) atoms. The zero-order valence-electron chi connectivity index (χ0n) is 14.1. The van der Waals surface area contributed by atoms with Gasteiger partial charge >= 0.3 is 0 Å². The van der Waals surface area contributed by atoms with Crippen LogP contribution in [-0.4, -0.2) is 12.6 Å². The van der Waals surface area contributed by atoms with Crippen LogP contribution in [0.1, 0.15) is 44.2 Å². The van der Waals surface area contributed by atoms with Crippen LogP contribution in [0.5, 0.6) is 5.75 Å². The summed E-state index contributed by atoms with van der Waals surface area (Å²) in [5, 5.41) is 3.55. The van der Waals surface area contributed by atoms with Crippen LogP contribution in [-0.2, 0) is 0 Å². The first-order valence-corrected chi connectivity index (χ1v) is 8.16. The molecule has 1 atom stereocenters. The predicted octanol–water partition coefficient (Wildman–Crippen LogP) is 5.39. The van der Waals surface area contributed by atoms with Crippen LogP contribution in [0.2, 0.25) is 0 Å². The van der Waals surface area contributed by atoms with Crippen molar-refractivity contribution in [3.8, 4) is 5.75 Å². The van der Waals surface area contributed by atoms with Crippen LogP contribution in [0.3, 0.4) is 0 Å². The van der Waals surface area contributed by atoms with E-state index in [1.54, 1.807) is 0 Å². The van der Waals surface area contributed by atoms with E-state index in [2.05, 4.69) is 69.4 Å². The minimum atomic E-state index is 0.169. The van der Waals surface area contributed by atoms with Gasteiger partial charge in [0.2, 0.25) is 0 Å². The third-order valence-corrected chi connectivity index (χ3v) is 3.88. The first-order valence-electron chi connectivity index (χ1n) is 8.16. The quantitative estimate of drug-likeness (QED) is 0.740. The van der Waals surface area contributed by atoms with Gasteiger partial charge in [0.05, 0.1) is 6.54 Å². The SMILES string of the molecule is CCC(CNc1ccccc1C(C)C)Oc1ccc(C)cc1. The molecule has 0 amide bonds. The van der Waals surface area contributed by atoms with Gasteiger partial charge < -0.3 is 10.1 Å². The number of aryl methyl sites for hydroxylation is 1. The summed E-state index contributed by atoms with van der Waals surface area (Å²) in [4.78, 5) is 0. The van der Waals surface area contributed by atoms with Crippen molar-refractivity contribution in [3.05, 3.63) is 59.7 Å². The van der Waals surface area contributed by atoms with E-state index >= 15 is 0 Å². The van der Waals surface area contributed by atoms with Crippen molar-refractivity contribution in [1.29, 1.82) is 0 Å². The molecular weight excluding hydrogens is 270 g/mol. The van der Waals surface area contributed by atoms with E-state index in [9.17, 15) is 0 Å². The molecule has 2 rings (SSSR count). The zero-order chi connectivity index (χ0) is 15.9. The second kappa shape index (κ2) is 7.88. The summed E-state index contributed by atoms with van der Waals surface area (Å²) in [5.41, 5.74) is 3.82. The van der Waals surface area contributed by atoms with E-state index in [0.29, 0.717) is 5.92 Å². The monoisotopic (exact) mass is 297 g/mol. The number of rotatable bonds is 7. The van der Waals surface area contributed by atoms with Gasteiger partial charge in [0.25, 0.3) is 0 Å². The summed E-state index contributed by atoms with van der Waals surface area (Å²) in [6, 6.07) is 16.8. The molecular formula is C20H27NO. The van der Waals surface area contributed by atoms with E-state index in [0.717, 1.165) is 18.7 Å². The van der Waals surface area contributed by atoms with Gasteiger partial charge in [-0.1, -0.05) is 56.7 Å². The molecule has 0 aliphatic carbocycles. The Morgan fingerprint density at radius 3 is 2.32 bits per heavy atom. The van der Waals surface area contributed by atoms with Crippen molar-refractivity contribution < 1.29 is 4.74 Å². The molecule has 0 saturated carbocycles. The Bertz CT molecular complexity index is 575. The largest absolute Gasteiger partial charge is 0.489 e. The van der Waals surface area contributed by atoms with Gasteiger partial charge in [-0.2, -0.15) is 0 Å². The van der Waals surface area contributed by atoms with Crippen molar-refractivity contribution in [2.45, 2.75) is 46.1 Å². The molecule has 0 radical (unpaired) electrons. The van der Waals surface area contributed by atoms with Crippen LogP contribution in [0.15, 0.2) is 48.5 Å². The normalized spacial score (nSPS) is 12.2. The second-order valence-corrected chi connectivity index (χ2v) is 6.08. The van der Waals surface area contributed by atoms with Gasteiger partial charge in [-0.3, -0.25) is 0 Å². The van der Waals surface area contributed by atoms with Crippen LogP contribution in [0.4, 0.5) is 5.69 Å². The number of benzene rings is 2. The van der Waals surface area contributed by atoms with Gasteiger partial charge in [-0.25, -0.2) is 0 Å². The molecule has 2 aromatic rings. The Morgan fingerprint density at radius 2 is 1.68 bits per heavy atom. The molecule has 2 aromatic carbocycles. The van der Waals surface area contributed by atoms with Crippen LogP contribution < -0.4 is 10.1 Å². The van der Waals surface area contributed by atoms with Gasteiger partial charge in [0.15, 0.2) is 0 Å². The average Bonchev–Trinajstić information content (AvgIpc) is 2.53. The molecule has 118 valence electrons. The minimum absolute atomic E-state index is 0.169. The molecule has 0 heterocycles. The molecule has 1 N–H and O–H groups in total. The fourth-order valence-corrected chi connectivity index (χ4v) is 2.46. The number of hydrogen-bond acceptors (Lipinski definition) is 2. The van der Waals surface area contributed by atoms with E-state index < -0.39 is 0 Å². The Kier molecular flexibility index (Phi) is 5.88. The Morgan fingerprint density at radius 1 is 1.00 bits per heavy atom. The number of hydrogen-bond donors (Lipinski definition) is 1. The first kappa shape index (κ1) is 16.4. The second-order valence-electron chi connectivity index (χ2n) is 6.08. The van der Waals surface area contributed by atoms with Crippen molar-refractivity contribution in [3.63, 3.8) is 0 Å². The van der Waals surface area contributed by atoms with Crippen molar-refractivity contribution in [2.24, 2.45) is 0 Å². The molecule has 0 fully saturated rings. The highest BCUT2D eigenvalue weighted by Gasteiger charge is 2.10. The lowest BCUT2D eigenvalue weighted by Gasteiger charge is -2.21. The summed E-state index contributed by atoms with van der Waals surface area (Å²) in [6.45, 7) is 9.51. The summed E-state index contributed by atoms with van der Waals surface area (Å²) in [5.74, 6) is 1.46. The van der Waals surface area contributed by atoms with E-state index in [1.807, 2.05) is 12.1 Å². The summed E-state index contributed by atoms with van der Waals surface area (Å²) >= 11 is 0. The lowest BCUT2D eigenvalue weighted by Crippen LogP contribution is -2.25. The lowest BCUT2D eigenvalue weighted by atomic mass is 10.0. The van der Waals surface area contributed by atoms with Crippen LogP contribution in [0, 0.1) is 6.92 Å². The van der Waals surface area contributed by atoms with Gasteiger partial charge in [0.1, 0.15) is 11.9 Å². The summed E-state index contributed by atoms with van der Waals surface area (Å²) in [6.07, 6.45) is 1.15.